The minimum Gasteiger partial charge on any atom is -0.207 e. The fraction of sp³-hybridized carbons (Fsp3) is 0.571. The van der Waals surface area contributed by atoms with Crippen molar-refractivity contribution in [1.29, 1.82) is 0 Å². The number of aryl methyl sites for hydroxylation is 1. The number of alkyl halides is 1. The third kappa shape index (κ3) is 4.25. The quantitative estimate of drug-likeness (QED) is 0.687. The SMILES string of the molecule is CC(C)(C)C(Br)CCCc1ccccc1F. The summed E-state index contributed by atoms with van der Waals surface area (Å²) in [6.45, 7) is 6.65. The molecule has 1 atom stereocenters. The third-order valence-corrected chi connectivity index (χ3v) is 4.63. The third-order valence-electron chi connectivity index (χ3n) is 2.80. The normalized spacial score (nSPS) is 13.8. The summed E-state index contributed by atoms with van der Waals surface area (Å²) < 4.78 is 13.3. The van der Waals surface area contributed by atoms with E-state index in [1.807, 2.05) is 12.1 Å². The highest BCUT2D eigenvalue weighted by Crippen LogP contribution is 2.30. The summed E-state index contributed by atoms with van der Waals surface area (Å²) in [5.41, 5.74) is 1.10. The monoisotopic (exact) mass is 286 g/mol. The molecule has 90 valence electrons. The highest BCUT2D eigenvalue weighted by Gasteiger charge is 2.20. The van der Waals surface area contributed by atoms with Gasteiger partial charge in [-0.2, -0.15) is 0 Å². The second-order valence-electron chi connectivity index (χ2n) is 5.32. The molecule has 0 aliphatic carbocycles. The Morgan fingerprint density at radius 3 is 2.44 bits per heavy atom. The summed E-state index contributed by atoms with van der Waals surface area (Å²) >= 11 is 3.70. The molecular weight excluding hydrogens is 267 g/mol. The Kier molecular flexibility index (Phi) is 4.97. The molecule has 0 spiro atoms. The molecule has 2 heteroatoms. The van der Waals surface area contributed by atoms with E-state index in [9.17, 15) is 4.39 Å². The molecule has 1 rings (SSSR count). The molecule has 0 aromatic heterocycles. The lowest BCUT2D eigenvalue weighted by atomic mass is 9.89. The zero-order chi connectivity index (χ0) is 12.2. The molecule has 0 aliphatic rings. The number of hydrogen-bond acceptors (Lipinski definition) is 0. The molecule has 0 saturated carbocycles. The van der Waals surface area contributed by atoms with Gasteiger partial charge in [0.1, 0.15) is 5.82 Å². The van der Waals surface area contributed by atoms with Crippen molar-refractivity contribution in [3.05, 3.63) is 35.6 Å². The lowest BCUT2D eigenvalue weighted by Gasteiger charge is -2.25. The van der Waals surface area contributed by atoms with Crippen LogP contribution in [0.15, 0.2) is 24.3 Å². The number of rotatable bonds is 4. The van der Waals surface area contributed by atoms with Crippen LogP contribution in [0.25, 0.3) is 0 Å². The van der Waals surface area contributed by atoms with E-state index in [-0.39, 0.29) is 11.2 Å². The molecule has 16 heavy (non-hydrogen) atoms. The van der Waals surface area contributed by atoms with Crippen LogP contribution in [0.3, 0.4) is 0 Å². The molecule has 0 nitrogen and oxygen atoms in total. The van der Waals surface area contributed by atoms with Crippen LogP contribution in [0.5, 0.6) is 0 Å². The number of hydrogen-bond donors (Lipinski definition) is 0. The fourth-order valence-corrected chi connectivity index (χ4v) is 1.93. The van der Waals surface area contributed by atoms with E-state index in [2.05, 4.69) is 36.7 Å². The predicted molar refractivity (Wildman–Crippen MR) is 71.5 cm³/mol. The molecule has 0 fully saturated rings. The zero-order valence-electron chi connectivity index (χ0n) is 10.3. The van der Waals surface area contributed by atoms with E-state index in [0.29, 0.717) is 4.83 Å². The van der Waals surface area contributed by atoms with Crippen LogP contribution in [-0.2, 0) is 6.42 Å². The van der Waals surface area contributed by atoms with Gasteiger partial charge < -0.3 is 0 Å². The lowest BCUT2D eigenvalue weighted by molar-refractivity contribution is 0.380. The first-order chi connectivity index (χ1) is 7.41. The fourth-order valence-electron chi connectivity index (χ4n) is 1.61. The maximum absolute atomic E-state index is 13.3. The molecule has 1 aromatic carbocycles. The van der Waals surface area contributed by atoms with E-state index in [0.717, 1.165) is 24.8 Å². The smallest absolute Gasteiger partial charge is 0.126 e. The topological polar surface area (TPSA) is 0 Å². The Morgan fingerprint density at radius 1 is 1.25 bits per heavy atom. The Bertz CT molecular complexity index is 328. The molecule has 1 unspecified atom stereocenters. The Hall–Kier alpha value is -0.370. The van der Waals surface area contributed by atoms with Crippen LogP contribution in [0.2, 0.25) is 0 Å². The Morgan fingerprint density at radius 2 is 1.88 bits per heavy atom. The van der Waals surface area contributed by atoms with Gasteiger partial charge in [0.2, 0.25) is 0 Å². The summed E-state index contributed by atoms with van der Waals surface area (Å²) in [6, 6.07) is 7.04. The standard InChI is InChI=1S/C14H20BrF/c1-14(2,3)13(15)10-6-8-11-7-4-5-9-12(11)16/h4-5,7,9,13H,6,8,10H2,1-3H3. The molecule has 0 saturated heterocycles. The van der Waals surface area contributed by atoms with Crippen molar-refractivity contribution in [3.63, 3.8) is 0 Å². The van der Waals surface area contributed by atoms with Crippen molar-refractivity contribution in [1.82, 2.24) is 0 Å². The van der Waals surface area contributed by atoms with E-state index < -0.39 is 0 Å². The molecule has 0 amide bonds. The van der Waals surface area contributed by atoms with Crippen LogP contribution in [0.1, 0.15) is 39.2 Å². The van der Waals surface area contributed by atoms with Crippen molar-refractivity contribution in [2.45, 2.75) is 44.9 Å². The number of halogens is 2. The van der Waals surface area contributed by atoms with Gasteiger partial charge in [0.25, 0.3) is 0 Å². The highest BCUT2D eigenvalue weighted by molar-refractivity contribution is 9.09. The van der Waals surface area contributed by atoms with Gasteiger partial charge in [-0.1, -0.05) is 54.9 Å². The first kappa shape index (κ1) is 13.7. The lowest BCUT2D eigenvalue weighted by Crippen LogP contribution is -2.20. The van der Waals surface area contributed by atoms with Gasteiger partial charge in [-0.3, -0.25) is 0 Å². The summed E-state index contributed by atoms with van der Waals surface area (Å²) in [5, 5.41) is 0. The second-order valence-corrected chi connectivity index (χ2v) is 6.42. The minimum absolute atomic E-state index is 0.0793. The average Bonchev–Trinajstić information content (AvgIpc) is 2.19. The van der Waals surface area contributed by atoms with Gasteiger partial charge in [0.15, 0.2) is 0 Å². The van der Waals surface area contributed by atoms with Crippen LogP contribution in [-0.4, -0.2) is 4.83 Å². The van der Waals surface area contributed by atoms with Gasteiger partial charge in [0.05, 0.1) is 0 Å². The van der Waals surface area contributed by atoms with Crippen LogP contribution in [0, 0.1) is 11.2 Å². The van der Waals surface area contributed by atoms with Crippen molar-refractivity contribution >= 4 is 15.9 Å². The molecule has 0 heterocycles. The van der Waals surface area contributed by atoms with Crippen LogP contribution in [0.4, 0.5) is 4.39 Å². The van der Waals surface area contributed by atoms with Gasteiger partial charge in [0, 0.05) is 4.83 Å². The molecule has 0 bridgehead atoms. The summed E-state index contributed by atoms with van der Waals surface area (Å²) in [4.78, 5) is 0.492. The molecule has 0 N–H and O–H groups in total. The summed E-state index contributed by atoms with van der Waals surface area (Å²) in [6.07, 6.45) is 2.93. The minimum atomic E-state index is -0.0793. The van der Waals surface area contributed by atoms with E-state index in [1.165, 1.54) is 6.07 Å². The second kappa shape index (κ2) is 5.81. The largest absolute Gasteiger partial charge is 0.207 e. The predicted octanol–water partition coefficient (Wildman–Crippen LogP) is 4.96. The van der Waals surface area contributed by atoms with E-state index in [4.69, 9.17) is 0 Å². The van der Waals surface area contributed by atoms with Gasteiger partial charge in [-0.05, 0) is 36.3 Å². The van der Waals surface area contributed by atoms with Crippen LogP contribution < -0.4 is 0 Å². The van der Waals surface area contributed by atoms with Gasteiger partial charge in [-0.15, -0.1) is 0 Å². The van der Waals surface area contributed by atoms with Crippen molar-refractivity contribution < 1.29 is 4.39 Å². The molecule has 1 aromatic rings. The maximum Gasteiger partial charge on any atom is 0.126 e. The zero-order valence-corrected chi connectivity index (χ0v) is 11.8. The van der Waals surface area contributed by atoms with Crippen LogP contribution >= 0.6 is 15.9 Å². The number of benzene rings is 1. The summed E-state index contributed by atoms with van der Waals surface area (Å²) in [7, 11) is 0. The van der Waals surface area contributed by atoms with E-state index in [1.54, 1.807) is 6.07 Å². The summed E-state index contributed by atoms with van der Waals surface area (Å²) in [5.74, 6) is -0.0793. The first-order valence-electron chi connectivity index (χ1n) is 5.79. The molecule has 0 radical (unpaired) electrons. The van der Waals surface area contributed by atoms with Crippen molar-refractivity contribution in [2.75, 3.05) is 0 Å². The average molecular weight is 287 g/mol. The van der Waals surface area contributed by atoms with E-state index >= 15 is 0 Å². The van der Waals surface area contributed by atoms with Gasteiger partial charge >= 0.3 is 0 Å². The van der Waals surface area contributed by atoms with Crippen molar-refractivity contribution in [3.8, 4) is 0 Å². The molecule has 0 aliphatic heterocycles. The Labute approximate surface area is 106 Å². The van der Waals surface area contributed by atoms with Crippen molar-refractivity contribution in [2.24, 2.45) is 5.41 Å². The first-order valence-corrected chi connectivity index (χ1v) is 6.70. The molecular formula is C14H20BrF. The maximum atomic E-state index is 13.3. The Balaban J connectivity index is 2.40. The highest BCUT2D eigenvalue weighted by atomic mass is 79.9. The van der Waals surface area contributed by atoms with Gasteiger partial charge in [-0.25, -0.2) is 4.39 Å².